The molecule has 15 heavy (non-hydrogen) atoms. The molecular weight excluding hydrogens is 238 g/mol. The van der Waals surface area contributed by atoms with Crippen LogP contribution in [0.4, 0.5) is 0 Å². The molecule has 0 atom stereocenters. The summed E-state index contributed by atoms with van der Waals surface area (Å²) in [4.78, 5) is 0. The van der Waals surface area contributed by atoms with Gasteiger partial charge in [-0.1, -0.05) is 0 Å². The van der Waals surface area contributed by atoms with E-state index in [0.717, 1.165) is 0 Å². The average molecular weight is 252 g/mol. The maximum absolute atomic E-state index is 11.8. The van der Waals surface area contributed by atoms with Crippen LogP contribution in [-0.4, -0.2) is 30.0 Å². The van der Waals surface area contributed by atoms with Crippen LogP contribution in [0.2, 0.25) is 0 Å². The third-order valence-corrected chi connectivity index (χ3v) is 3.71. The van der Waals surface area contributed by atoms with E-state index in [1.807, 2.05) is 0 Å². The Bertz CT molecular complexity index is 400. The molecule has 1 aromatic heterocycles. The summed E-state index contributed by atoms with van der Waals surface area (Å²) >= 11 is 5.58. The Morgan fingerprint density at radius 3 is 2.73 bits per heavy atom. The molecule has 0 fully saturated rings. The van der Waals surface area contributed by atoms with E-state index in [1.165, 1.54) is 12.3 Å². The highest BCUT2D eigenvalue weighted by molar-refractivity contribution is 7.89. The Balaban J connectivity index is 2.82. The lowest BCUT2D eigenvalue weighted by atomic mass is 10.0. The van der Waals surface area contributed by atoms with Gasteiger partial charge in [0.05, 0.1) is 6.20 Å². The van der Waals surface area contributed by atoms with Crippen LogP contribution < -0.4 is 4.72 Å². The monoisotopic (exact) mass is 251 g/mol. The molecule has 0 aliphatic carbocycles. The number of halogens is 1. The van der Waals surface area contributed by atoms with Gasteiger partial charge in [-0.2, -0.15) is 5.10 Å². The molecule has 86 valence electrons. The van der Waals surface area contributed by atoms with Gasteiger partial charge in [0.15, 0.2) is 5.03 Å². The van der Waals surface area contributed by atoms with Crippen LogP contribution in [0, 0.1) is 0 Å². The van der Waals surface area contributed by atoms with E-state index < -0.39 is 15.6 Å². The Morgan fingerprint density at radius 2 is 2.27 bits per heavy atom. The summed E-state index contributed by atoms with van der Waals surface area (Å²) in [5.74, 6) is 0.401. The molecule has 1 rings (SSSR count). The van der Waals surface area contributed by atoms with Crippen LogP contribution in [0.3, 0.4) is 0 Å². The van der Waals surface area contributed by atoms with E-state index in [9.17, 15) is 8.42 Å². The van der Waals surface area contributed by atoms with Gasteiger partial charge in [-0.15, -0.1) is 11.6 Å². The van der Waals surface area contributed by atoms with Crippen molar-refractivity contribution < 1.29 is 8.42 Å². The first-order valence-corrected chi connectivity index (χ1v) is 6.48. The summed E-state index contributed by atoms with van der Waals surface area (Å²) in [6, 6.07) is 1.40. The fraction of sp³-hybridized carbons (Fsp3) is 0.625. The molecule has 0 saturated heterocycles. The zero-order valence-electron chi connectivity index (χ0n) is 8.62. The number of aromatic nitrogens is 2. The van der Waals surface area contributed by atoms with Gasteiger partial charge in [0.2, 0.25) is 0 Å². The predicted octanol–water partition coefficient (Wildman–Crippen LogP) is 1.10. The van der Waals surface area contributed by atoms with E-state index in [2.05, 4.69) is 14.9 Å². The lowest BCUT2D eigenvalue weighted by Crippen LogP contribution is -2.43. The molecule has 0 radical (unpaired) electrons. The number of rotatable bonds is 5. The molecule has 1 heterocycles. The summed E-state index contributed by atoms with van der Waals surface area (Å²) in [7, 11) is -3.52. The van der Waals surface area contributed by atoms with Gasteiger partial charge in [-0.3, -0.25) is 5.10 Å². The van der Waals surface area contributed by atoms with Gasteiger partial charge >= 0.3 is 0 Å². The van der Waals surface area contributed by atoms with Crippen molar-refractivity contribution in [1.82, 2.24) is 14.9 Å². The summed E-state index contributed by atoms with van der Waals surface area (Å²) in [5.41, 5.74) is -0.564. The maximum Gasteiger partial charge on any atom is 0.257 e. The Kier molecular flexibility index (Phi) is 3.75. The first-order valence-electron chi connectivity index (χ1n) is 4.47. The second-order valence-electron chi connectivity index (χ2n) is 3.85. The van der Waals surface area contributed by atoms with Gasteiger partial charge < -0.3 is 0 Å². The van der Waals surface area contributed by atoms with Crippen molar-refractivity contribution in [3.63, 3.8) is 0 Å². The fourth-order valence-electron chi connectivity index (χ4n) is 1.10. The minimum absolute atomic E-state index is 0.0603. The van der Waals surface area contributed by atoms with Gasteiger partial charge in [-0.25, -0.2) is 13.1 Å². The minimum atomic E-state index is -3.52. The molecule has 2 N–H and O–H groups in total. The fourth-order valence-corrected chi connectivity index (χ4v) is 2.92. The second kappa shape index (κ2) is 4.51. The van der Waals surface area contributed by atoms with E-state index in [-0.39, 0.29) is 5.03 Å². The minimum Gasteiger partial charge on any atom is -0.266 e. The first kappa shape index (κ1) is 12.5. The number of nitrogens with zero attached hydrogens (tertiary/aromatic N) is 1. The van der Waals surface area contributed by atoms with E-state index in [4.69, 9.17) is 11.6 Å². The van der Waals surface area contributed by atoms with Crippen molar-refractivity contribution in [3.8, 4) is 0 Å². The number of alkyl halides is 1. The van der Waals surface area contributed by atoms with Crippen molar-refractivity contribution in [2.75, 3.05) is 5.88 Å². The predicted molar refractivity (Wildman–Crippen MR) is 58.3 cm³/mol. The number of nitrogens with one attached hydrogen (secondary N) is 2. The highest BCUT2D eigenvalue weighted by Crippen LogP contribution is 2.14. The normalized spacial score (nSPS) is 13.0. The summed E-state index contributed by atoms with van der Waals surface area (Å²) in [6.45, 7) is 3.56. The summed E-state index contributed by atoms with van der Waals surface area (Å²) in [5, 5.41) is 6.06. The second-order valence-corrected chi connectivity index (χ2v) is 5.88. The van der Waals surface area contributed by atoms with Gasteiger partial charge in [0, 0.05) is 11.4 Å². The molecule has 7 heteroatoms. The van der Waals surface area contributed by atoms with Gasteiger partial charge in [0.1, 0.15) is 0 Å². The van der Waals surface area contributed by atoms with Crippen molar-refractivity contribution in [2.24, 2.45) is 0 Å². The highest BCUT2D eigenvalue weighted by atomic mass is 35.5. The molecule has 0 amide bonds. The number of H-pyrrole nitrogens is 1. The first-order chi connectivity index (χ1) is 6.87. The molecule has 0 bridgehead atoms. The standard InChI is InChI=1S/C8H14ClN3O2S/c1-8(2,4-5-9)12-15(13,14)7-3-6-10-11-7/h3,6,12H,4-5H2,1-2H3,(H,10,11). The lowest BCUT2D eigenvalue weighted by Gasteiger charge is -2.24. The largest absolute Gasteiger partial charge is 0.266 e. The van der Waals surface area contributed by atoms with E-state index >= 15 is 0 Å². The Morgan fingerprint density at radius 1 is 1.60 bits per heavy atom. The zero-order valence-corrected chi connectivity index (χ0v) is 10.2. The van der Waals surface area contributed by atoms with E-state index in [1.54, 1.807) is 13.8 Å². The van der Waals surface area contributed by atoms with Crippen LogP contribution in [-0.2, 0) is 10.0 Å². The van der Waals surface area contributed by atoms with Crippen LogP contribution in [0.15, 0.2) is 17.3 Å². The molecule has 0 saturated carbocycles. The van der Waals surface area contributed by atoms with Gasteiger partial charge in [-0.05, 0) is 26.3 Å². The molecule has 1 aromatic rings. The molecule has 0 aliphatic heterocycles. The SMILES string of the molecule is CC(C)(CCCl)NS(=O)(=O)c1ccn[nH]1. The van der Waals surface area contributed by atoms with Gasteiger partial charge in [0.25, 0.3) is 10.0 Å². The van der Waals surface area contributed by atoms with E-state index in [0.29, 0.717) is 12.3 Å². The molecule has 0 unspecified atom stereocenters. The van der Waals surface area contributed by atoms with Crippen molar-refractivity contribution >= 4 is 21.6 Å². The topological polar surface area (TPSA) is 74.8 Å². The van der Waals surface area contributed by atoms with Crippen molar-refractivity contribution in [1.29, 1.82) is 0 Å². The number of hydrogen-bond acceptors (Lipinski definition) is 3. The summed E-state index contributed by atoms with van der Waals surface area (Å²) < 4.78 is 26.1. The average Bonchev–Trinajstić information content (AvgIpc) is 2.52. The number of hydrogen-bond donors (Lipinski definition) is 2. The lowest BCUT2D eigenvalue weighted by molar-refractivity contribution is 0.440. The Hall–Kier alpha value is -0.590. The van der Waals surface area contributed by atoms with Crippen LogP contribution in [0.1, 0.15) is 20.3 Å². The molecule has 0 aliphatic rings. The highest BCUT2D eigenvalue weighted by Gasteiger charge is 2.26. The Labute approximate surface area is 94.3 Å². The smallest absolute Gasteiger partial charge is 0.257 e. The van der Waals surface area contributed by atoms with Crippen LogP contribution in [0.25, 0.3) is 0 Å². The third-order valence-electron chi connectivity index (χ3n) is 1.89. The maximum atomic E-state index is 11.8. The number of aromatic amines is 1. The zero-order chi connectivity index (χ0) is 11.5. The van der Waals surface area contributed by atoms with Crippen molar-refractivity contribution in [2.45, 2.75) is 30.8 Å². The molecular formula is C8H14ClN3O2S. The number of sulfonamides is 1. The van der Waals surface area contributed by atoms with Crippen LogP contribution >= 0.6 is 11.6 Å². The summed E-state index contributed by atoms with van der Waals surface area (Å²) in [6.07, 6.45) is 1.95. The third kappa shape index (κ3) is 3.48. The molecule has 0 aromatic carbocycles. The molecule has 5 nitrogen and oxygen atoms in total. The van der Waals surface area contributed by atoms with Crippen molar-refractivity contribution in [3.05, 3.63) is 12.3 Å². The molecule has 0 spiro atoms. The van der Waals surface area contributed by atoms with Crippen LogP contribution in [0.5, 0.6) is 0 Å². The quantitative estimate of drug-likeness (QED) is 0.770.